The fourth-order valence-electron chi connectivity index (χ4n) is 1.19. The number of hydrogen-bond donors (Lipinski definition) is 2. The molecule has 0 heterocycles. The third-order valence-electron chi connectivity index (χ3n) is 2.08. The summed E-state index contributed by atoms with van der Waals surface area (Å²) >= 11 is 5.87. The number of rotatable bonds is 4. The lowest BCUT2D eigenvalue weighted by atomic mass is 10.1. The molecule has 82 valence electrons. The second-order valence-electron chi connectivity index (χ2n) is 3.32. The van der Waals surface area contributed by atoms with Gasteiger partial charge < -0.3 is 10.6 Å². The van der Waals surface area contributed by atoms with Crippen molar-refractivity contribution in [3.05, 3.63) is 34.3 Å². The fourth-order valence-corrected chi connectivity index (χ4v) is 1.31. The molecule has 0 spiro atoms. The topological polar surface area (TPSA) is 41.1 Å². The Labute approximate surface area is 94.8 Å². The van der Waals surface area contributed by atoms with Crippen LogP contribution in [0.4, 0.5) is 0 Å². The van der Waals surface area contributed by atoms with Crippen LogP contribution in [0.15, 0.2) is 18.2 Å². The van der Waals surface area contributed by atoms with Crippen molar-refractivity contribution in [3.63, 3.8) is 0 Å². The van der Waals surface area contributed by atoms with Gasteiger partial charge in [-0.3, -0.25) is 4.79 Å². The first-order valence-corrected chi connectivity index (χ1v) is 5.22. The average Bonchev–Trinajstić information content (AvgIpc) is 2.22. The summed E-state index contributed by atoms with van der Waals surface area (Å²) in [7, 11) is 1.85. The Kier molecular flexibility index (Phi) is 4.59. The summed E-state index contributed by atoms with van der Waals surface area (Å²) in [5.41, 5.74) is 1.56. The fraction of sp³-hybridized carbons (Fsp3) is 0.364. The predicted molar refractivity (Wildman–Crippen MR) is 62.4 cm³/mol. The van der Waals surface area contributed by atoms with Crippen LogP contribution in [-0.2, 0) is 0 Å². The maximum Gasteiger partial charge on any atom is 0.251 e. The molecule has 3 nitrogen and oxygen atoms in total. The van der Waals surface area contributed by atoms with Gasteiger partial charge in [0.1, 0.15) is 0 Å². The van der Waals surface area contributed by atoms with Crippen molar-refractivity contribution in [2.75, 3.05) is 20.1 Å². The second kappa shape index (κ2) is 5.73. The van der Waals surface area contributed by atoms with Crippen LogP contribution >= 0.6 is 11.6 Å². The Morgan fingerprint density at radius 1 is 1.40 bits per heavy atom. The molecule has 0 unspecified atom stereocenters. The van der Waals surface area contributed by atoms with Gasteiger partial charge >= 0.3 is 0 Å². The summed E-state index contributed by atoms with van der Waals surface area (Å²) in [6.07, 6.45) is 0. The van der Waals surface area contributed by atoms with Crippen molar-refractivity contribution in [1.82, 2.24) is 10.6 Å². The van der Waals surface area contributed by atoms with E-state index in [9.17, 15) is 4.79 Å². The van der Waals surface area contributed by atoms with E-state index in [1.807, 2.05) is 14.0 Å². The van der Waals surface area contributed by atoms with Crippen LogP contribution in [0.2, 0.25) is 5.02 Å². The zero-order chi connectivity index (χ0) is 11.3. The largest absolute Gasteiger partial charge is 0.351 e. The maximum absolute atomic E-state index is 11.6. The molecule has 0 aromatic heterocycles. The summed E-state index contributed by atoms with van der Waals surface area (Å²) in [5.74, 6) is -0.0648. The van der Waals surface area contributed by atoms with Gasteiger partial charge in [-0.15, -0.1) is 0 Å². The third-order valence-corrected chi connectivity index (χ3v) is 2.50. The summed E-state index contributed by atoms with van der Waals surface area (Å²) in [6, 6.07) is 5.25. The van der Waals surface area contributed by atoms with Gasteiger partial charge in [0.15, 0.2) is 0 Å². The third kappa shape index (κ3) is 3.53. The standard InChI is InChI=1S/C11H15ClN2O/c1-8-7-9(3-4-10(8)12)11(15)14-6-5-13-2/h3-4,7,13H,5-6H2,1-2H3,(H,14,15). The van der Waals surface area contributed by atoms with E-state index in [-0.39, 0.29) is 5.91 Å². The Morgan fingerprint density at radius 3 is 2.73 bits per heavy atom. The maximum atomic E-state index is 11.6. The molecule has 0 bridgehead atoms. The number of likely N-dealkylation sites (N-methyl/N-ethyl adjacent to an activating group) is 1. The monoisotopic (exact) mass is 226 g/mol. The number of benzene rings is 1. The van der Waals surface area contributed by atoms with Crippen molar-refractivity contribution in [3.8, 4) is 0 Å². The van der Waals surface area contributed by atoms with Crippen molar-refractivity contribution >= 4 is 17.5 Å². The van der Waals surface area contributed by atoms with Crippen LogP contribution in [0.3, 0.4) is 0 Å². The lowest BCUT2D eigenvalue weighted by Crippen LogP contribution is -2.30. The van der Waals surface area contributed by atoms with E-state index in [4.69, 9.17) is 11.6 Å². The lowest BCUT2D eigenvalue weighted by Gasteiger charge is -2.06. The summed E-state index contributed by atoms with van der Waals surface area (Å²) < 4.78 is 0. The molecule has 0 saturated heterocycles. The molecule has 0 fully saturated rings. The Hall–Kier alpha value is -1.06. The lowest BCUT2D eigenvalue weighted by molar-refractivity contribution is 0.0954. The minimum Gasteiger partial charge on any atom is -0.351 e. The first-order chi connectivity index (χ1) is 7.15. The zero-order valence-corrected chi connectivity index (χ0v) is 9.69. The molecule has 4 heteroatoms. The molecular formula is C11H15ClN2O. The Morgan fingerprint density at radius 2 is 2.13 bits per heavy atom. The van der Waals surface area contributed by atoms with Crippen LogP contribution in [0.1, 0.15) is 15.9 Å². The number of nitrogens with one attached hydrogen (secondary N) is 2. The highest BCUT2D eigenvalue weighted by Crippen LogP contribution is 2.15. The van der Waals surface area contributed by atoms with E-state index in [1.165, 1.54) is 0 Å². The molecule has 1 amide bonds. The molecule has 0 atom stereocenters. The average molecular weight is 227 g/mol. The molecule has 0 aliphatic carbocycles. The SMILES string of the molecule is CNCCNC(=O)c1ccc(Cl)c(C)c1. The van der Waals surface area contributed by atoms with Crippen LogP contribution in [0, 0.1) is 6.92 Å². The minimum atomic E-state index is -0.0648. The van der Waals surface area contributed by atoms with E-state index in [0.717, 1.165) is 12.1 Å². The van der Waals surface area contributed by atoms with Gasteiger partial charge in [-0.05, 0) is 37.7 Å². The molecular weight excluding hydrogens is 212 g/mol. The second-order valence-corrected chi connectivity index (χ2v) is 3.73. The van der Waals surface area contributed by atoms with Crippen molar-refractivity contribution in [2.24, 2.45) is 0 Å². The van der Waals surface area contributed by atoms with Gasteiger partial charge in [-0.1, -0.05) is 11.6 Å². The molecule has 0 aliphatic rings. The predicted octanol–water partition coefficient (Wildman–Crippen LogP) is 1.60. The van der Waals surface area contributed by atoms with Crippen molar-refractivity contribution < 1.29 is 4.79 Å². The van der Waals surface area contributed by atoms with Crippen LogP contribution in [-0.4, -0.2) is 26.0 Å². The number of carbonyl (C=O) groups excluding carboxylic acids is 1. The molecule has 15 heavy (non-hydrogen) atoms. The molecule has 1 aromatic carbocycles. The van der Waals surface area contributed by atoms with Crippen molar-refractivity contribution in [2.45, 2.75) is 6.92 Å². The molecule has 0 aliphatic heterocycles. The Bertz CT molecular complexity index is 352. The summed E-state index contributed by atoms with van der Waals surface area (Å²) in [5, 5.41) is 6.44. The van der Waals surface area contributed by atoms with Gasteiger partial charge in [0, 0.05) is 23.7 Å². The summed E-state index contributed by atoms with van der Waals surface area (Å²) in [6.45, 7) is 3.27. The van der Waals surface area contributed by atoms with Gasteiger partial charge in [0.25, 0.3) is 5.91 Å². The van der Waals surface area contributed by atoms with Crippen LogP contribution in [0.5, 0.6) is 0 Å². The van der Waals surface area contributed by atoms with E-state index < -0.39 is 0 Å². The van der Waals surface area contributed by atoms with Gasteiger partial charge in [-0.25, -0.2) is 0 Å². The quantitative estimate of drug-likeness (QED) is 0.766. The highest BCUT2D eigenvalue weighted by atomic mass is 35.5. The first kappa shape index (κ1) is 12.0. The minimum absolute atomic E-state index is 0.0648. The zero-order valence-electron chi connectivity index (χ0n) is 8.93. The smallest absolute Gasteiger partial charge is 0.251 e. The number of carbonyl (C=O) groups is 1. The van der Waals surface area contributed by atoms with E-state index in [1.54, 1.807) is 18.2 Å². The number of aryl methyl sites for hydroxylation is 1. The van der Waals surface area contributed by atoms with Crippen LogP contribution < -0.4 is 10.6 Å². The Balaban J connectivity index is 2.62. The number of halogens is 1. The molecule has 0 saturated carbocycles. The van der Waals surface area contributed by atoms with Crippen molar-refractivity contribution in [1.29, 1.82) is 0 Å². The van der Waals surface area contributed by atoms with Gasteiger partial charge in [0.2, 0.25) is 0 Å². The highest BCUT2D eigenvalue weighted by molar-refractivity contribution is 6.31. The van der Waals surface area contributed by atoms with E-state index in [0.29, 0.717) is 17.1 Å². The normalized spacial score (nSPS) is 10.1. The first-order valence-electron chi connectivity index (χ1n) is 4.84. The number of amides is 1. The van der Waals surface area contributed by atoms with Crippen LogP contribution in [0.25, 0.3) is 0 Å². The van der Waals surface area contributed by atoms with Gasteiger partial charge in [0.05, 0.1) is 0 Å². The molecule has 1 aromatic rings. The highest BCUT2D eigenvalue weighted by Gasteiger charge is 2.05. The molecule has 1 rings (SSSR count). The van der Waals surface area contributed by atoms with Gasteiger partial charge in [-0.2, -0.15) is 0 Å². The molecule has 2 N–H and O–H groups in total. The van der Waals surface area contributed by atoms with E-state index in [2.05, 4.69) is 10.6 Å². The van der Waals surface area contributed by atoms with E-state index >= 15 is 0 Å². The summed E-state index contributed by atoms with van der Waals surface area (Å²) in [4.78, 5) is 11.6. The number of hydrogen-bond acceptors (Lipinski definition) is 2. The molecule has 0 radical (unpaired) electrons.